The van der Waals surface area contributed by atoms with Gasteiger partial charge in [0.2, 0.25) is 0 Å². The van der Waals surface area contributed by atoms with Crippen molar-refractivity contribution in [3.8, 4) is 0 Å². The minimum absolute atomic E-state index is 0.475. The molecule has 0 bridgehead atoms. The van der Waals surface area contributed by atoms with Gasteiger partial charge in [0.1, 0.15) is 0 Å². The van der Waals surface area contributed by atoms with Gasteiger partial charge in [-0.1, -0.05) is 35.4 Å². The fraction of sp³-hybridized carbons (Fsp3) is 0.222. The Kier molecular flexibility index (Phi) is 5.28. The Morgan fingerprint density at radius 2 is 1.55 bits per heavy atom. The number of hydrogen-bond donors (Lipinski definition) is 2. The van der Waals surface area contributed by atoms with Gasteiger partial charge >= 0.3 is 0 Å². The lowest BCUT2D eigenvalue weighted by atomic mass is 10.0. The highest BCUT2D eigenvalue weighted by atomic mass is 32.1. The molecular formula is C18H21N3S. The van der Waals surface area contributed by atoms with E-state index in [4.69, 9.17) is 12.2 Å². The van der Waals surface area contributed by atoms with E-state index in [0.29, 0.717) is 5.11 Å². The predicted molar refractivity (Wildman–Crippen MR) is 98.8 cm³/mol. The first-order valence-electron chi connectivity index (χ1n) is 7.20. The molecule has 0 unspecified atom stereocenters. The van der Waals surface area contributed by atoms with Crippen molar-refractivity contribution in [2.24, 2.45) is 5.10 Å². The average Bonchev–Trinajstić information content (AvgIpc) is 2.44. The first-order valence-corrected chi connectivity index (χ1v) is 7.61. The Labute approximate surface area is 137 Å². The van der Waals surface area contributed by atoms with Gasteiger partial charge in [0, 0.05) is 11.3 Å². The van der Waals surface area contributed by atoms with Crippen LogP contribution in [-0.2, 0) is 0 Å². The maximum Gasteiger partial charge on any atom is 0.191 e. The highest BCUT2D eigenvalue weighted by Gasteiger charge is 2.01. The van der Waals surface area contributed by atoms with Gasteiger partial charge in [-0.3, -0.25) is 5.43 Å². The fourth-order valence-corrected chi connectivity index (χ4v) is 2.52. The molecule has 0 heterocycles. The summed E-state index contributed by atoms with van der Waals surface area (Å²) < 4.78 is 0. The third-order valence-electron chi connectivity index (χ3n) is 3.41. The van der Waals surface area contributed by atoms with Crippen LogP contribution < -0.4 is 10.7 Å². The zero-order valence-electron chi connectivity index (χ0n) is 13.4. The molecule has 0 atom stereocenters. The van der Waals surface area contributed by atoms with Crippen LogP contribution in [0.4, 0.5) is 5.69 Å². The second kappa shape index (κ2) is 7.18. The smallest absolute Gasteiger partial charge is 0.191 e. The molecule has 0 aliphatic rings. The van der Waals surface area contributed by atoms with Crippen LogP contribution in [0.2, 0.25) is 0 Å². The number of anilines is 1. The molecule has 114 valence electrons. The molecule has 2 rings (SSSR count). The first-order chi connectivity index (χ1) is 10.5. The van der Waals surface area contributed by atoms with Crippen LogP contribution in [-0.4, -0.2) is 11.3 Å². The molecule has 0 aliphatic heterocycles. The Morgan fingerprint density at radius 1 is 0.955 bits per heavy atom. The summed E-state index contributed by atoms with van der Waals surface area (Å²) in [4.78, 5) is 0. The molecule has 4 heteroatoms. The molecule has 2 N–H and O–H groups in total. The monoisotopic (exact) mass is 311 g/mol. The van der Waals surface area contributed by atoms with Crippen molar-refractivity contribution in [3.63, 3.8) is 0 Å². The number of thiocarbonyl (C=S) groups is 1. The lowest BCUT2D eigenvalue weighted by Crippen LogP contribution is -2.23. The number of nitrogens with one attached hydrogen (secondary N) is 2. The van der Waals surface area contributed by atoms with Crippen LogP contribution in [0.3, 0.4) is 0 Å². The third kappa shape index (κ3) is 4.40. The molecule has 0 saturated heterocycles. The van der Waals surface area contributed by atoms with Crippen molar-refractivity contribution in [2.75, 3.05) is 5.32 Å². The normalized spacial score (nSPS) is 10.7. The van der Waals surface area contributed by atoms with Gasteiger partial charge in [-0.05, 0) is 63.2 Å². The SMILES string of the molecule is Cc1ccc(NC(=S)N/N=C\c2c(C)cc(C)cc2C)cc1. The first kappa shape index (κ1) is 16.2. The zero-order valence-corrected chi connectivity index (χ0v) is 14.2. The highest BCUT2D eigenvalue weighted by Crippen LogP contribution is 2.14. The second-order valence-electron chi connectivity index (χ2n) is 5.50. The van der Waals surface area contributed by atoms with Gasteiger partial charge in [-0.15, -0.1) is 0 Å². The maximum atomic E-state index is 5.23. The quantitative estimate of drug-likeness (QED) is 0.506. The molecule has 0 radical (unpaired) electrons. The Hall–Kier alpha value is -2.20. The van der Waals surface area contributed by atoms with Crippen LogP contribution >= 0.6 is 12.2 Å². The third-order valence-corrected chi connectivity index (χ3v) is 3.60. The number of hydrazone groups is 1. The Balaban J connectivity index is 1.97. The summed E-state index contributed by atoms with van der Waals surface area (Å²) in [6, 6.07) is 12.3. The number of rotatable bonds is 3. The summed E-state index contributed by atoms with van der Waals surface area (Å²) in [6.07, 6.45) is 1.81. The van der Waals surface area contributed by atoms with Crippen molar-refractivity contribution in [1.82, 2.24) is 5.43 Å². The lowest BCUT2D eigenvalue weighted by molar-refractivity contribution is 1.05. The van der Waals surface area contributed by atoms with Crippen molar-refractivity contribution in [1.29, 1.82) is 0 Å². The van der Waals surface area contributed by atoms with E-state index >= 15 is 0 Å². The summed E-state index contributed by atoms with van der Waals surface area (Å²) in [5.41, 5.74) is 9.81. The van der Waals surface area contributed by atoms with E-state index < -0.39 is 0 Å². The number of hydrogen-bond acceptors (Lipinski definition) is 2. The zero-order chi connectivity index (χ0) is 16.1. The van der Waals surface area contributed by atoms with Gasteiger partial charge in [-0.2, -0.15) is 5.10 Å². The predicted octanol–water partition coefficient (Wildman–Crippen LogP) is 4.24. The lowest BCUT2D eigenvalue weighted by Gasteiger charge is -2.08. The molecular weight excluding hydrogens is 290 g/mol. The molecule has 22 heavy (non-hydrogen) atoms. The molecule has 0 fully saturated rings. The summed E-state index contributed by atoms with van der Waals surface area (Å²) in [6.45, 7) is 8.32. The van der Waals surface area contributed by atoms with Gasteiger partial charge in [0.05, 0.1) is 6.21 Å². The van der Waals surface area contributed by atoms with Crippen LogP contribution in [0.25, 0.3) is 0 Å². The molecule has 2 aromatic rings. The van der Waals surface area contributed by atoms with E-state index in [1.165, 1.54) is 22.3 Å². The fourth-order valence-electron chi connectivity index (χ4n) is 2.35. The molecule has 2 aromatic carbocycles. The van der Waals surface area contributed by atoms with E-state index in [1.807, 2.05) is 30.5 Å². The number of aryl methyl sites for hydroxylation is 4. The molecule has 0 saturated carbocycles. The Morgan fingerprint density at radius 3 is 2.14 bits per heavy atom. The van der Waals surface area contributed by atoms with Crippen molar-refractivity contribution < 1.29 is 0 Å². The summed E-state index contributed by atoms with van der Waals surface area (Å²) >= 11 is 5.23. The van der Waals surface area contributed by atoms with Gasteiger partial charge < -0.3 is 5.32 Å². The van der Waals surface area contributed by atoms with E-state index in [1.54, 1.807) is 0 Å². The van der Waals surface area contributed by atoms with E-state index in [0.717, 1.165) is 11.3 Å². The molecule has 3 nitrogen and oxygen atoms in total. The van der Waals surface area contributed by atoms with Crippen molar-refractivity contribution in [2.45, 2.75) is 27.7 Å². The van der Waals surface area contributed by atoms with Gasteiger partial charge in [0.25, 0.3) is 0 Å². The van der Waals surface area contributed by atoms with E-state index in [-0.39, 0.29) is 0 Å². The van der Waals surface area contributed by atoms with E-state index in [2.05, 4.69) is 55.7 Å². The van der Waals surface area contributed by atoms with Crippen molar-refractivity contribution in [3.05, 3.63) is 64.2 Å². The maximum absolute atomic E-state index is 5.23. The molecule has 0 amide bonds. The molecule has 0 spiro atoms. The van der Waals surface area contributed by atoms with Crippen LogP contribution in [0.1, 0.15) is 27.8 Å². The number of nitrogens with zero attached hydrogens (tertiary/aromatic N) is 1. The second-order valence-corrected chi connectivity index (χ2v) is 5.91. The molecule has 0 aliphatic carbocycles. The van der Waals surface area contributed by atoms with Crippen LogP contribution in [0, 0.1) is 27.7 Å². The van der Waals surface area contributed by atoms with Crippen LogP contribution in [0.15, 0.2) is 41.5 Å². The van der Waals surface area contributed by atoms with Crippen LogP contribution in [0.5, 0.6) is 0 Å². The van der Waals surface area contributed by atoms with Gasteiger partial charge in [-0.25, -0.2) is 0 Å². The number of benzene rings is 2. The molecule has 0 aromatic heterocycles. The minimum Gasteiger partial charge on any atom is -0.331 e. The van der Waals surface area contributed by atoms with E-state index in [9.17, 15) is 0 Å². The van der Waals surface area contributed by atoms with Crippen molar-refractivity contribution >= 4 is 29.2 Å². The van der Waals surface area contributed by atoms with Gasteiger partial charge in [0.15, 0.2) is 5.11 Å². The Bertz CT molecular complexity index is 680. The summed E-state index contributed by atoms with van der Waals surface area (Å²) in [5.74, 6) is 0. The minimum atomic E-state index is 0.475. The average molecular weight is 311 g/mol. The largest absolute Gasteiger partial charge is 0.331 e. The summed E-state index contributed by atoms with van der Waals surface area (Å²) in [7, 11) is 0. The summed E-state index contributed by atoms with van der Waals surface area (Å²) in [5, 5.41) is 7.80. The highest BCUT2D eigenvalue weighted by molar-refractivity contribution is 7.80. The standard InChI is InChI=1S/C18H21N3S/c1-12-5-7-16(8-6-12)20-18(22)21-19-11-17-14(3)9-13(2)10-15(17)4/h5-11H,1-4H3,(H2,20,21,22)/b19-11-. The topological polar surface area (TPSA) is 36.4 Å².